The Labute approximate surface area is 162 Å². The number of rotatable bonds is 7. The third-order valence-electron chi connectivity index (χ3n) is 3.98. The first kappa shape index (κ1) is 19.3. The van der Waals surface area contributed by atoms with E-state index in [1.54, 1.807) is 37.3 Å². The van der Waals surface area contributed by atoms with Gasteiger partial charge in [-0.25, -0.2) is 13.4 Å². The quantitative estimate of drug-likeness (QED) is 0.612. The van der Waals surface area contributed by atoms with E-state index in [4.69, 9.17) is 0 Å². The van der Waals surface area contributed by atoms with E-state index in [0.29, 0.717) is 22.8 Å². The molecule has 0 aliphatic heterocycles. The fourth-order valence-electron chi connectivity index (χ4n) is 2.59. The summed E-state index contributed by atoms with van der Waals surface area (Å²) in [7, 11) is -3.67. The lowest BCUT2D eigenvalue weighted by atomic mass is 10.1. The van der Waals surface area contributed by atoms with Crippen molar-refractivity contribution in [3.05, 3.63) is 48.0 Å². The normalized spacial score (nSPS) is 11.5. The van der Waals surface area contributed by atoms with Gasteiger partial charge in [-0.2, -0.15) is 0 Å². The van der Waals surface area contributed by atoms with Crippen LogP contribution in [-0.4, -0.2) is 19.3 Å². The summed E-state index contributed by atoms with van der Waals surface area (Å²) in [4.78, 5) is 16.1. The summed E-state index contributed by atoms with van der Waals surface area (Å²) in [5.74, 6) is -0.110. The van der Waals surface area contributed by atoms with Crippen molar-refractivity contribution in [1.29, 1.82) is 0 Å². The zero-order chi connectivity index (χ0) is 19.4. The molecule has 3 rings (SSSR count). The first-order valence-electron chi connectivity index (χ1n) is 8.73. The van der Waals surface area contributed by atoms with Gasteiger partial charge in [0.25, 0.3) is 10.0 Å². The first-order chi connectivity index (χ1) is 12.9. The van der Waals surface area contributed by atoms with E-state index < -0.39 is 10.0 Å². The molecule has 6 nitrogen and oxygen atoms in total. The van der Waals surface area contributed by atoms with Crippen LogP contribution in [0.5, 0.6) is 0 Å². The number of thiazole rings is 1. The minimum absolute atomic E-state index is 0.110. The van der Waals surface area contributed by atoms with Crippen LogP contribution in [0, 0.1) is 0 Å². The van der Waals surface area contributed by atoms with Crippen LogP contribution in [0.3, 0.4) is 0 Å². The number of sulfonamides is 1. The highest BCUT2D eigenvalue weighted by Gasteiger charge is 2.15. The van der Waals surface area contributed by atoms with Gasteiger partial charge >= 0.3 is 0 Å². The Morgan fingerprint density at radius 2 is 1.85 bits per heavy atom. The molecule has 0 saturated heterocycles. The molecular formula is C19H21N3O3S2. The van der Waals surface area contributed by atoms with Crippen LogP contribution in [0.2, 0.25) is 0 Å². The minimum Gasteiger partial charge on any atom is -0.302 e. The van der Waals surface area contributed by atoms with E-state index in [0.717, 1.165) is 23.1 Å². The van der Waals surface area contributed by atoms with Gasteiger partial charge in [-0.05, 0) is 42.3 Å². The number of amides is 1. The number of carbonyl (C=O) groups excluding carboxylic acids is 1. The van der Waals surface area contributed by atoms with Crippen LogP contribution in [0.1, 0.15) is 32.3 Å². The molecule has 3 aromatic rings. The van der Waals surface area contributed by atoms with Crippen molar-refractivity contribution in [3.63, 3.8) is 0 Å². The molecule has 142 valence electrons. The van der Waals surface area contributed by atoms with Crippen molar-refractivity contribution < 1.29 is 13.2 Å². The molecule has 0 atom stereocenters. The molecule has 0 bridgehead atoms. The van der Waals surface area contributed by atoms with E-state index >= 15 is 0 Å². The summed E-state index contributed by atoms with van der Waals surface area (Å²) in [5, 5.41) is 3.22. The van der Waals surface area contributed by atoms with Gasteiger partial charge < -0.3 is 5.32 Å². The van der Waals surface area contributed by atoms with Crippen LogP contribution < -0.4 is 10.0 Å². The maximum Gasteiger partial charge on any atom is 0.261 e. The van der Waals surface area contributed by atoms with E-state index in [1.165, 1.54) is 11.3 Å². The van der Waals surface area contributed by atoms with E-state index in [9.17, 15) is 13.2 Å². The molecule has 1 amide bonds. The van der Waals surface area contributed by atoms with Gasteiger partial charge in [0.05, 0.1) is 20.8 Å². The predicted octanol–water partition coefficient (Wildman–Crippen LogP) is 4.40. The topological polar surface area (TPSA) is 88.2 Å². The minimum atomic E-state index is -3.67. The highest BCUT2D eigenvalue weighted by Crippen LogP contribution is 2.29. The summed E-state index contributed by atoms with van der Waals surface area (Å²) < 4.78 is 28.7. The van der Waals surface area contributed by atoms with Crippen molar-refractivity contribution in [2.75, 3.05) is 10.0 Å². The number of hydrogen-bond acceptors (Lipinski definition) is 5. The second-order valence-electron chi connectivity index (χ2n) is 6.10. The average Bonchev–Trinajstić information content (AvgIpc) is 3.03. The second kappa shape index (κ2) is 8.06. The van der Waals surface area contributed by atoms with Crippen molar-refractivity contribution >= 4 is 48.3 Å². The number of benzene rings is 2. The molecule has 0 radical (unpaired) electrons. The summed E-state index contributed by atoms with van der Waals surface area (Å²) in [6.45, 7) is 3.85. The fraction of sp³-hybridized carbons (Fsp3) is 0.263. The maximum absolute atomic E-state index is 12.6. The SMILES string of the molecule is CCCc1ccc(S(=O)(=O)Nc2ccc3sc(NC(=O)CC)nc3c2)cc1. The average molecular weight is 404 g/mol. The first-order valence-corrected chi connectivity index (χ1v) is 11.0. The molecule has 0 fully saturated rings. The highest BCUT2D eigenvalue weighted by molar-refractivity contribution is 7.92. The van der Waals surface area contributed by atoms with Gasteiger partial charge in [0.1, 0.15) is 0 Å². The smallest absolute Gasteiger partial charge is 0.261 e. The van der Waals surface area contributed by atoms with Gasteiger partial charge in [0.15, 0.2) is 5.13 Å². The summed E-state index contributed by atoms with van der Waals surface area (Å²) in [5.41, 5.74) is 2.17. The van der Waals surface area contributed by atoms with Crippen molar-refractivity contribution in [2.45, 2.75) is 38.0 Å². The second-order valence-corrected chi connectivity index (χ2v) is 8.82. The molecule has 0 spiro atoms. The zero-order valence-electron chi connectivity index (χ0n) is 15.2. The molecule has 0 aliphatic rings. The van der Waals surface area contributed by atoms with Gasteiger partial charge in [-0.3, -0.25) is 9.52 Å². The molecule has 1 heterocycles. The Hall–Kier alpha value is -2.45. The molecule has 27 heavy (non-hydrogen) atoms. The van der Waals surface area contributed by atoms with Crippen LogP contribution >= 0.6 is 11.3 Å². The molecule has 8 heteroatoms. The van der Waals surface area contributed by atoms with Crippen LogP contribution in [0.25, 0.3) is 10.2 Å². The highest BCUT2D eigenvalue weighted by atomic mass is 32.2. The Kier molecular flexibility index (Phi) is 5.76. The largest absolute Gasteiger partial charge is 0.302 e. The van der Waals surface area contributed by atoms with E-state index in [-0.39, 0.29) is 10.8 Å². The lowest BCUT2D eigenvalue weighted by Gasteiger charge is -2.08. The fourth-order valence-corrected chi connectivity index (χ4v) is 4.50. The number of nitrogens with one attached hydrogen (secondary N) is 2. The number of nitrogens with zero attached hydrogens (tertiary/aromatic N) is 1. The van der Waals surface area contributed by atoms with Crippen molar-refractivity contribution in [1.82, 2.24) is 4.98 Å². The predicted molar refractivity (Wildman–Crippen MR) is 110 cm³/mol. The van der Waals surface area contributed by atoms with Gasteiger partial charge in [-0.1, -0.05) is 43.7 Å². The van der Waals surface area contributed by atoms with Gasteiger partial charge in [0, 0.05) is 6.42 Å². The maximum atomic E-state index is 12.6. The van der Waals surface area contributed by atoms with E-state index in [2.05, 4.69) is 21.9 Å². The molecular weight excluding hydrogens is 382 g/mol. The summed E-state index contributed by atoms with van der Waals surface area (Å²) in [6.07, 6.45) is 2.31. The van der Waals surface area contributed by atoms with Crippen molar-refractivity contribution in [2.24, 2.45) is 0 Å². The summed E-state index contributed by atoms with van der Waals surface area (Å²) in [6, 6.07) is 12.1. The number of aryl methyl sites for hydroxylation is 1. The monoisotopic (exact) mass is 403 g/mol. The zero-order valence-corrected chi connectivity index (χ0v) is 16.8. The van der Waals surface area contributed by atoms with Gasteiger partial charge in [-0.15, -0.1) is 0 Å². The van der Waals surface area contributed by atoms with Crippen molar-refractivity contribution in [3.8, 4) is 0 Å². The van der Waals surface area contributed by atoms with E-state index in [1.807, 2.05) is 12.1 Å². The third kappa shape index (κ3) is 4.64. The lowest BCUT2D eigenvalue weighted by molar-refractivity contribution is -0.115. The molecule has 0 unspecified atom stereocenters. The van der Waals surface area contributed by atoms with Crippen LogP contribution in [0.15, 0.2) is 47.4 Å². The number of hydrogen-bond donors (Lipinski definition) is 2. The summed E-state index contributed by atoms with van der Waals surface area (Å²) >= 11 is 1.35. The Balaban J connectivity index is 1.81. The molecule has 2 aromatic carbocycles. The number of aromatic nitrogens is 1. The third-order valence-corrected chi connectivity index (χ3v) is 6.33. The molecule has 0 saturated carbocycles. The lowest BCUT2D eigenvalue weighted by Crippen LogP contribution is -2.12. The van der Waals surface area contributed by atoms with Crippen LogP contribution in [0.4, 0.5) is 10.8 Å². The molecule has 2 N–H and O–H groups in total. The number of carbonyl (C=O) groups is 1. The Morgan fingerprint density at radius 3 is 2.52 bits per heavy atom. The molecule has 1 aromatic heterocycles. The number of anilines is 2. The Morgan fingerprint density at radius 1 is 1.11 bits per heavy atom. The number of fused-ring (bicyclic) bond motifs is 1. The van der Waals surface area contributed by atoms with Gasteiger partial charge in [0.2, 0.25) is 5.91 Å². The Bertz CT molecular complexity index is 1060. The standard InChI is InChI=1S/C19H21N3O3S2/c1-3-5-13-6-9-15(10-7-13)27(24,25)22-14-8-11-17-16(12-14)20-19(26-17)21-18(23)4-2/h6-12,22H,3-5H2,1-2H3,(H,20,21,23). The molecule has 0 aliphatic carbocycles. The van der Waals surface area contributed by atoms with Crippen LogP contribution in [-0.2, 0) is 21.2 Å².